The third-order valence-corrected chi connectivity index (χ3v) is 5.12. The molecule has 2 aliphatic rings. The molecule has 2 amide bonds. The zero-order chi connectivity index (χ0) is 17.6. The number of hydrogen-bond acceptors (Lipinski definition) is 4. The lowest BCUT2D eigenvalue weighted by atomic mass is 9.99. The van der Waals surface area contributed by atoms with Crippen LogP contribution < -0.4 is 15.5 Å². The molecular formula is C18H27Cl3N4O2. The van der Waals surface area contributed by atoms with Gasteiger partial charge in [-0.3, -0.25) is 9.59 Å². The molecule has 0 aliphatic carbocycles. The molecule has 1 aromatic carbocycles. The summed E-state index contributed by atoms with van der Waals surface area (Å²) in [5.41, 5.74) is 1.08. The molecule has 0 aromatic heterocycles. The van der Waals surface area contributed by atoms with Gasteiger partial charge in [0.1, 0.15) is 0 Å². The van der Waals surface area contributed by atoms with Crippen molar-refractivity contribution in [3.63, 3.8) is 0 Å². The number of hydrogen-bond donors (Lipinski definition) is 2. The van der Waals surface area contributed by atoms with Crippen LogP contribution in [0.5, 0.6) is 0 Å². The van der Waals surface area contributed by atoms with Gasteiger partial charge in [0.25, 0.3) is 0 Å². The summed E-state index contributed by atoms with van der Waals surface area (Å²) in [6.45, 7) is 4.63. The van der Waals surface area contributed by atoms with Crippen molar-refractivity contribution in [1.82, 2.24) is 15.5 Å². The Morgan fingerprint density at radius 2 is 1.93 bits per heavy atom. The quantitative estimate of drug-likeness (QED) is 0.756. The van der Waals surface area contributed by atoms with Crippen molar-refractivity contribution < 1.29 is 9.59 Å². The lowest BCUT2D eigenvalue weighted by Gasteiger charge is -2.36. The van der Waals surface area contributed by atoms with E-state index in [2.05, 4.69) is 15.5 Å². The maximum absolute atomic E-state index is 12.3. The van der Waals surface area contributed by atoms with Gasteiger partial charge in [-0.25, -0.2) is 0 Å². The molecule has 2 N–H and O–H groups in total. The van der Waals surface area contributed by atoms with E-state index in [0.29, 0.717) is 19.6 Å². The first kappa shape index (κ1) is 23.8. The summed E-state index contributed by atoms with van der Waals surface area (Å²) in [5.74, 6) is -0.0396. The molecule has 9 heteroatoms. The Balaban J connectivity index is 0.00000182. The van der Waals surface area contributed by atoms with Crippen molar-refractivity contribution in [1.29, 1.82) is 0 Å². The van der Waals surface area contributed by atoms with E-state index in [1.54, 1.807) is 0 Å². The van der Waals surface area contributed by atoms with Crippen molar-refractivity contribution in [2.45, 2.75) is 12.8 Å². The minimum absolute atomic E-state index is 0. The number of benzene rings is 1. The van der Waals surface area contributed by atoms with Gasteiger partial charge >= 0.3 is 0 Å². The molecule has 0 bridgehead atoms. The highest BCUT2D eigenvalue weighted by Gasteiger charge is 2.24. The number of nitrogens with zero attached hydrogens (tertiary/aromatic N) is 2. The predicted molar refractivity (Wildman–Crippen MR) is 113 cm³/mol. The van der Waals surface area contributed by atoms with Crippen LogP contribution in [0.1, 0.15) is 12.8 Å². The number of carbonyl (C=O) groups is 2. The molecule has 0 radical (unpaired) electrons. The summed E-state index contributed by atoms with van der Waals surface area (Å²) >= 11 is 6.04. The molecule has 3 rings (SSSR count). The molecule has 0 saturated carbocycles. The fourth-order valence-corrected chi connectivity index (χ4v) is 3.57. The molecule has 1 unspecified atom stereocenters. The SMILES string of the molecule is Cl.Cl.O=C(NCC(=O)N1CCN(c2cccc(Cl)c2)CC1)C1CCCNC1. The average molecular weight is 438 g/mol. The van der Waals surface area contributed by atoms with E-state index in [1.807, 2.05) is 29.2 Å². The third-order valence-electron chi connectivity index (χ3n) is 4.89. The molecule has 1 aromatic rings. The van der Waals surface area contributed by atoms with Gasteiger partial charge < -0.3 is 20.4 Å². The van der Waals surface area contributed by atoms with E-state index in [4.69, 9.17) is 11.6 Å². The molecule has 0 spiro atoms. The number of amides is 2. The lowest BCUT2D eigenvalue weighted by Crippen LogP contribution is -2.52. The van der Waals surface area contributed by atoms with E-state index in [0.717, 1.165) is 43.2 Å². The summed E-state index contributed by atoms with van der Waals surface area (Å²) < 4.78 is 0. The van der Waals surface area contributed by atoms with Crippen LogP contribution in [0.4, 0.5) is 5.69 Å². The molecule has 1 atom stereocenters. The van der Waals surface area contributed by atoms with Gasteiger partial charge in [-0.2, -0.15) is 0 Å². The normalized spacial score (nSPS) is 19.5. The van der Waals surface area contributed by atoms with Crippen LogP contribution in [0.2, 0.25) is 5.02 Å². The summed E-state index contributed by atoms with van der Waals surface area (Å²) in [4.78, 5) is 28.5. The Morgan fingerprint density at radius 1 is 1.19 bits per heavy atom. The third kappa shape index (κ3) is 6.71. The zero-order valence-electron chi connectivity index (χ0n) is 15.2. The zero-order valence-corrected chi connectivity index (χ0v) is 17.5. The van der Waals surface area contributed by atoms with E-state index < -0.39 is 0 Å². The van der Waals surface area contributed by atoms with Crippen molar-refractivity contribution >= 4 is 53.9 Å². The van der Waals surface area contributed by atoms with E-state index in [9.17, 15) is 9.59 Å². The predicted octanol–water partition coefficient (Wildman–Crippen LogP) is 1.95. The van der Waals surface area contributed by atoms with Crippen molar-refractivity contribution in [2.24, 2.45) is 5.92 Å². The van der Waals surface area contributed by atoms with E-state index in [1.165, 1.54) is 0 Å². The molecule has 6 nitrogen and oxygen atoms in total. The lowest BCUT2D eigenvalue weighted by molar-refractivity contribution is -0.134. The number of halogens is 3. The molecule has 2 aliphatic heterocycles. The van der Waals surface area contributed by atoms with E-state index >= 15 is 0 Å². The van der Waals surface area contributed by atoms with Gasteiger partial charge in [0.15, 0.2) is 0 Å². The largest absolute Gasteiger partial charge is 0.368 e. The Hall–Kier alpha value is -1.21. The van der Waals surface area contributed by atoms with Gasteiger partial charge in [-0.15, -0.1) is 24.8 Å². The second-order valence-corrected chi connectivity index (χ2v) is 7.05. The number of rotatable bonds is 4. The Labute approximate surface area is 177 Å². The van der Waals surface area contributed by atoms with Crippen molar-refractivity contribution in [3.05, 3.63) is 29.3 Å². The molecule has 2 fully saturated rings. The minimum atomic E-state index is -0.0156. The summed E-state index contributed by atoms with van der Waals surface area (Å²) in [6, 6.07) is 7.76. The molecule has 27 heavy (non-hydrogen) atoms. The van der Waals surface area contributed by atoms with E-state index in [-0.39, 0.29) is 49.1 Å². The fraction of sp³-hybridized carbons (Fsp3) is 0.556. The van der Waals surface area contributed by atoms with Crippen molar-refractivity contribution in [2.75, 3.05) is 50.7 Å². The first-order valence-corrected chi connectivity index (χ1v) is 9.28. The topological polar surface area (TPSA) is 64.7 Å². The standard InChI is InChI=1S/C18H25ClN4O2.2ClH/c19-15-4-1-5-16(11-15)22-7-9-23(10-8-22)17(24)13-21-18(25)14-3-2-6-20-12-14;;/h1,4-5,11,14,20H,2-3,6-10,12-13H2,(H,21,25);2*1H. The van der Waals surface area contributed by atoms with Gasteiger partial charge in [-0.1, -0.05) is 17.7 Å². The second kappa shape index (κ2) is 11.6. The summed E-state index contributed by atoms with van der Waals surface area (Å²) in [5, 5.41) is 6.74. The van der Waals surface area contributed by atoms with Crippen molar-refractivity contribution in [3.8, 4) is 0 Å². The summed E-state index contributed by atoms with van der Waals surface area (Å²) in [6.07, 6.45) is 1.91. The summed E-state index contributed by atoms with van der Waals surface area (Å²) in [7, 11) is 0. The number of carbonyl (C=O) groups excluding carboxylic acids is 2. The average Bonchev–Trinajstić information content (AvgIpc) is 2.66. The van der Waals surface area contributed by atoms with Crippen LogP contribution in [-0.4, -0.2) is 62.5 Å². The maximum atomic E-state index is 12.3. The molecule has 2 saturated heterocycles. The minimum Gasteiger partial charge on any atom is -0.368 e. The first-order chi connectivity index (χ1) is 12.1. The number of piperazine rings is 1. The molecule has 2 heterocycles. The molecular weight excluding hydrogens is 411 g/mol. The first-order valence-electron chi connectivity index (χ1n) is 8.90. The number of piperidine rings is 1. The Morgan fingerprint density at radius 3 is 2.56 bits per heavy atom. The van der Waals surface area contributed by atoms with Gasteiger partial charge in [0.2, 0.25) is 11.8 Å². The van der Waals surface area contributed by atoms with Gasteiger partial charge in [-0.05, 0) is 37.6 Å². The molecule has 152 valence electrons. The maximum Gasteiger partial charge on any atom is 0.242 e. The highest BCUT2D eigenvalue weighted by Crippen LogP contribution is 2.20. The smallest absolute Gasteiger partial charge is 0.242 e. The van der Waals surface area contributed by atoms with Crippen LogP contribution in [0, 0.1) is 5.92 Å². The van der Waals surface area contributed by atoms with Crippen LogP contribution in [0.25, 0.3) is 0 Å². The van der Waals surface area contributed by atoms with Crippen LogP contribution in [0.15, 0.2) is 24.3 Å². The monoisotopic (exact) mass is 436 g/mol. The van der Waals surface area contributed by atoms with Crippen LogP contribution in [0.3, 0.4) is 0 Å². The van der Waals surface area contributed by atoms with Gasteiger partial charge in [0.05, 0.1) is 12.5 Å². The van der Waals surface area contributed by atoms with Crippen LogP contribution in [-0.2, 0) is 9.59 Å². The highest BCUT2D eigenvalue weighted by atomic mass is 35.5. The number of nitrogens with one attached hydrogen (secondary N) is 2. The number of anilines is 1. The van der Waals surface area contributed by atoms with Crippen LogP contribution >= 0.6 is 36.4 Å². The highest BCUT2D eigenvalue weighted by molar-refractivity contribution is 6.30. The fourth-order valence-electron chi connectivity index (χ4n) is 3.38. The second-order valence-electron chi connectivity index (χ2n) is 6.61. The van der Waals surface area contributed by atoms with Gasteiger partial charge in [0, 0.05) is 43.4 Å². The Kier molecular flexibility index (Phi) is 10.2. The Bertz CT molecular complexity index is 618.